The van der Waals surface area contributed by atoms with E-state index in [0.29, 0.717) is 13.0 Å². The molecule has 1 fully saturated rings. The molecule has 0 aromatic heterocycles. The van der Waals surface area contributed by atoms with Gasteiger partial charge in [0.1, 0.15) is 0 Å². The molecular weight excluding hydrogens is 236 g/mol. The maximum atomic E-state index is 11.5. The van der Waals surface area contributed by atoms with Crippen LogP contribution < -0.4 is 10.6 Å². The van der Waals surface area contributed by atoms with E-state index in [9.17, 15) is 9.59 Å². The molecule has 3 N–H and O–H groups in total. The molecule has 18 heavy (non-hydrogen) atoms. The fourth-order valence-electron chi connectivity index (χ4n) is 1.85. The number of carboxylic acid groups (broad SMARTS) is 1. The first-order chi connectivity index (χ1) is 8.51. The number of amides is 2. The maximum absolute atomic E-state index is 11.5. The molecule has 1 unspecified atom stereocenters. The van der Waals surface area contributed by atoms with Gasteiger partial charge in [0.15, 0.2) is 0 Å². The molecule has 6 heteroatoms. The predicted molar refractivity (Wildman–Crippen MR) is 66.4 cm³/mol. The van der Waals surface area contributed by atoms with Gasteiger partial charge in [0.2, 0.25) is 0 Å². The van der Waals surface area contributed by atoms with Gasteiger partial charge in [0.25, 0.3) is 0 Å². The molecule has 1 saturated carbocycles. The van der Waals surface area contributed by atoms with Crippen molar-refractivity contribution in [1.82, 2.24) is 10.6 Å². The lowest BCUT2D eigenvalue weighted by Gasteiger charge is -2.34. The molecule has 6 nitrogen and oxygen atoms in total. The number of aliphatic carboxylic acids is 1. The number of methoxy groups -OCH3 is 1. The van der Waals surface area contributed by atoms with Gasteiger partial charge < -0.3 is 20.5 Å². The lowest BCUT2D eigenvalue weighted by molar-refractivity contribution is -0.137. The van der Waals surface area contributed by atoms with E-state index >= 15 is 0 Å². The Morgan fingerprint density at radius 2 is 2.11 bits per heavy atom. The van der Waals surface area contributed by atoms with E-state index in [2.05, 4.69) is 10.6 Å². The van der Waals surface area contributed by atoms with Crippen molar-refractivity contribution in [2.24, 2.45) is 5.92 Å². The van der Waals surface area contributed by atoms with Gasteiger partial charge in [0, 0.05) is 26.1 Å². The van der Waals surface area contributed by atoms with E-state index < -0.39 is 5.97 Å². The minimum atomic E-state index is -0.800. The summed E-state index contributed by atoms with van der Waals surface area (Å²) in [6.07, 6.45) is 2.70. The predicted octanol–water partition coefficient (Wildman–Crippen LogP) is 0.964. The van der Waals surface area contributed by atoms with Gasteiger partial charge in [-0.3, -0.25) is 4.79 Å². The Labute approximate surface area is 107 Å². The van der Waals surface area contributed by atoms with Gasteiger partial charge in [0.05, 0.1) is 6.10 Å². The average Bonchev–Trinajstić information content (AvgIpc) is 2.27. The summed E-state index contributed by atoms with van der Waals surface area (Å²) in [7, 11) is 1.67. The zero-order chi connectivity index (χ0) is 13.5. The molecule has 0 heterocycles. The van der Waals surface area contributed by atoms with Crippen molar-refractivity contribution in [2.75, 3.05) is 13.7 Å². The van der Waals surface area contributed by atoms with E-state index in [1.165, 1.54) is 0 Å². The molecule has 2 amide bonds. The highest BCUT2D eigenvalue weighted by molar-refractivity contribution is 5.74. The van der Waals surface area contributed by atoms with Crippen LogP contribution in [0.3, 0.4) is 0 Å². The first kappa shape index (κ1) is 14.8. The Balaban J connectivity index is 2.04. The van der Waals surface area contributed by atoms with Gasteiger partial charge in [-0.2, -0.15) is 0 Å². The van der Waals surface area contributed by atoms with E-state index in [0.717, 1.165) is 12.8 Å². The van der Waals surface area contributed by atoms with Crippen LogP contribution in [-0.2, 0) is 9.53 Å². The molecule has 0 spiro atoms. The number of ether oxygens (including phenoxy) is 1. The summed E-state index contributed by atoms with van der Waals surface area (Å²) in [5.74, 6) is -0.633. The van der Waals surface area contributed by atoms with E-state index in [-0.39, 0.29) is 30.5 Å². The van der Waals surface area contributed by atoms with Gasteiger partial charge in [-0.05, 0) is 25.2 Å². The van der Waals surface area contributed by atoms with Crippen molar-refractivity contribution < 1.29 is 19.4 Å². The van der Waals surface area contributed by atoms with Crippen molar-refractivity contribution in [1.29, 1.82) is 0 Å². The summed E-state index contributed by atoms with van der Waals surface area (Å²) in [6, 6.07) is 0.0148. The lowest BCUT2D eigenvalue weighted by Crippen LogP contribution is -2.51. The molecule has 1 atom stereocenters. The number of urea groups is 1. The van der Waals surface area contributed by atoms with Crippen LogP contribution in [0.2, 0.25) is 0 Å². The molecule has 1 aliphatic carbocycles. The zero-order valence-corrected chi connectivity index (χ0v) is 10.9. The highest BCUT2D eigenvalue weighted by Crippen LogP contribution is 2.22. The average molecular weight is 258 g/mol. The SMILES string of the molecule is COC1CC(NC(=O)NCC(C)CCC(=O)O)C1. The number of carbonyl (C=O) groups excluding carboxylic acids is 1. The van der Waals surface area contributed by atoms with Crippen molar-refractivity contribution in [3.63, 3.8) is 0 Å². The standard InChI is InChI=1S/C12H22N2O4/c1-8(3-4-11(15)16)7-13-12(17)14-9-5-10(6-9)18-2/h8-10H,3-7H2,1-2H3,(H,15,16)(H2,13,14,17). The Kier molecular flexibility index (Phi) is 5.91. The molecule has 0 aromatic carbocycles. The topological polar surface area (TPSA) is 87.7 Å². The smallest absolute Gasteiger partial charge is 0.315 e. The van der Waals surface area contributed by atoms with Crippen LogP contribution in [-0.4, -0.2) is 42.9 Å². The highest BCUT2D eigenvalue weighted by atomic mass is 16.5. The number of carbonyl (C=O) groups is 2. The van der Waals surface area contributed by atoms with Crippen LogP contribution in [0.5, 0.6) is 0 Å². The Morgan fingerprint density at radius 1 is 1.44 bits per heavy atom. The van der Waals surface area contributed by atoms with Crippen LogP contribution in [0.25, 0.3) is 0 Å². The largest absolute Gasteiger partial charge is 0.481 e. The molecule has 0 radical (unpaired) electrons. The number of rotatable bonds is 7. The number of carboxylic acids is 1. The van der Waals surface area contributed by atoms with Gasteiger partial charge in [-0.25, -0.2) is 4.79 Å². The fraction of sp³-hybridized carbons (Fsp3) is 0.833. The Morgan fingerprint density at radius 3 is 2.67 bits per heavy atom. The monoisotopic (exact) mass is 258 g/mol. The zero-order valence-electron chi connectivity index (χ0n) is 10.9. The van der Waals surface area contributed by atoms with Crippen molar-refractivity contribution in [2.45, 2.75) is 44.8 Å². The summed E-state index contributed by atoms with van der Waals surface area (Å²) in [5, 5.41) is 14.1. The van der Waals surface area contributed by atoms with Crippen LogP contribution in [0.1, 0.15) is 32.6 Å². The minimum absolute atomic E-state index is 0.141. The normalized spacial score (nSPS) is 23.9. The number of nitrogens with one attached hydrogen (secondary N) is 2. The van der Waals surface area contributed by atoms with E-state index in [1.54, 1.807) is 7.11 Å². The third kappa shape index (κ3) is 5.35. The molecule has 0 aromatic rings. The Bertz CT molecular complexity index is 290. The quantitative estimate of drug-likeness (QED) is 0.635. The van der Waals surface area contributed by atoms with Crippen molar-refractivity contribution >= 4 is 12.0 Å². The summed E-state index contributed by atoms with van der Waals surface area (Å²) >= 11 is 0. The van der Waals surface area contributed by atoms with Crippen molar-refractivity contribution in [3.8, 4) is 0 Å². The van der Waals surface area contributed by atoms with Crippen LogP contribution in [0.4, 0.5) is 4.79 Å². The summed E-state index contributed by atoms with van der Waals surface area (Å²) < 4.78 is 5.12. The van der Waals surface area contributed by atoms with Gasteiger partial charge >= 0.3 is 12.0 Å². The molecule has 0 bridgehead atoms. The molecule has 1 rings (SSSR count). The van der Waals surface area contributed by atoms with Crippen LogP contribution >= 0.6 is 0 Å². The van der Waals surface area contributed by atoms with Gasteiger partial charge in [-0.1, -0.05) is 6.92 Å². The second-order valence-electron chi connectivity index (χ2n) is 4.92. The minimum Gasteiger partial charge on any atom is -0.481 e. The van der Waals surface area contributed by atoms with E-state index in [1.807, 2.05) is 6.92 Å². The summed E-state index contributed by atoms with van der Waals surface area (Å²) in [6.45, 7) is 2.42. The molecule has 1 aliphatic rings. The molecular formula is C12H22N2O4. The highest BCUT2D eigenvalue weighted by Gasteiger charge is 2.29. The van der Waals surface area contributed by atoms with Gasteiger partial charge in [-0.15, -0.1) is 0 Å². The molecule has 0 saturated heterocycles. The Hall–Kier alpha value is -1.30. The molecule has 104 valence electrons. The number of hydrogen-bond acceptors (Lipinski definition) is 3. The third-order valence-corrected chi connectivity index (χ3v) is 3.23. The second-order valence-corrected chi connectivity index (χ2v) is 4.92. The number of hydrogen-bond donors (Lipinski definition) is 3. The summed E-state index contributed by atoms with van der Waals surface area (Å²) in [5.41, 5.74) is 0. The third-order valence-electron chi connectivity index (χ3n) is 3.23. The lowest BCUT2D eigenvalue weighted by atomic mass is 9.89. The van der Waals surface area contributed by atoms with Crippen molar-refractivity contribution in [3.05, 3.63) is 0 Å². The maximum Gasteiger partial charge on any atom is 0.315 e. The van der Waals surface area contributed by atoms with Crippen LogP contribution in [0.15, 0.2) is 0 Å². The van der Waals surface area contributed by atoms with Crippen LogP contribution in [0, 0.1) is 5.92 Å². The first-order valence-electron chi connectivity index (χ1n) is 6.30. The molecule has 0 aliphatic heterocycles. The first-order valence-corrected chi connectivity index (χ1v) is 6.30. The van der Waals surface area contributed by atoms with E-state index in [4.69, 9.17) is 9.84 Å². The summed E-state index contributed by atoms with van der Waals surface area (Å²) in [4.78, 5) is 21.9. The second kappa shape index (κ2) is 7.20. The fourth-order valence-corrected chi connectivity index (χ4v) is 1.85.